The first-order valence-electron chi connectivity index (χ1n) is 9.70. The average molecular weight is 441 g/mol. The van der Waals surface area contributed by atoms with Gasteiger partial charge in [0.05, 0.1) is 5.56 Å². The maximum absolute atomic E-state index is 13.1. The lowest BCUT2D eigenvalue weighted by atomic mass is 10.1. The van der Waals surface area contributed by atoms with Crippen molar-refractivity contribution in [2.45, 2.75) is 20.0 Å². The molecule has 0 fully saturated rings. The Morgan fingerprint density at radius 3 is 2.53 bits per heavy atom. The Kier molecular flexibility index (Phi) is 5.38. The van der Waals surface area contributed by atoms with Crippen molar-refractivity contribution in [3.63, 3.8) is 0 Å². The molecule has 0 spiro atoms. The fraction of sp³-hybridized carbons (Fsp3) is 0.167. The number of rotatable bonds is 5. The van der Waals surface area contributed by atoms with E-state index in [-0.39, 0.29) is 12.4 Å². The minimum absolute atomic E-state index is 0.282. The van der Waals surface area contributed by atoms with E-state index in [1.165, 1.54) is 18.2 Å². The van der Waals surface area contributed by atoms with E-state index in [0.717, 1.165) is 12.1 Å². The summed E-state index contributed by atoms with van der Waals surface area (Å²) in [4.78, 5) is 24.2. The van der Waals surface area contributed by atoms with Crippen LogP contribution in [0, 0.1) is 13.8 Å². The van der Waals surface area contributed by atoms with Crippen LogP contribution in [0.2, 0.25) is 0 Å². The number of aryl methyl sites for hydroxylation is 1. The standard InChI is InChI=1S/C24H18F3NO4/c1-14-10-20(15(2)28(14)18-5-3-4-17(11-18)24(25,26)27)21(29)13-31-19-8-6-16-7-9-23(30)32-22(16)12-19/h3-12H,13H2,1-2H3. The molecule has 0 aliphatic rings. The maximum Gasteiger partial charge on any atom is 0.416 e. The second-order valence-electron chi connectivity index (χ2n) is 7.33. The Labute approximate surface area is 180 Å². The van der Waals surface area contributed by atoms with Crippen molar-refractivity contribution in [2.75, 3.05) is 6.61 Å². The number of Topliss-reactive ketones (excluding diaryl/α,β-unsaturated/α-hetero) is 1. The van der Waals surface area contributed by atoms with Crippen LogP contribution < -0.4 is 10.4 Å². The fourth-order valence-corrected chi connectivity index (χ4v) is 3.62. The SMILES string of the molecule is Cc1cc(C(=O)COc2ccc3ccc(=O)oc3c2)c(C)n1-c1cccc(C(F)(F)F)c1. The van der Waals surface area contributed by atoms with E-state index in [0.29, 0.717) is 39.4 Å². The van der Waals surface area contributed by atoms with Gasteiger partial charge in [0.15, 0.2) is 6.61 Å². The molecule has 32 heavy (non-hydrogen) atoms. The Hall–Kier alpha value is -3.81. The highest BCUT2D eigenvalue weighted by Gasteiger charge is 2.30. The van der Waals surface area contributed by atoms with Crippen LogP contribution >= 0.6 is 0 Å². The van der Waals surface area contributed by atoms with Crippen molar-refractivity contribution < 1.29 is 27.1 Å². The summed E-state index contributed by atoms with van der Waals surface area (Å²) in [6, 6.07) is 14.4. The predicted molar refractivity (Wildman–Crippen MR) is 113 cm³/mol. The van der Waals surface area contributed by atoms with Gasteiger partial charge in [0.25, 0.3) is 0 Å². The summed E-state index contributed by atoms with van der Waals surface area (Å²) in [5, 5.41) is 0.716. The molecule has 0 aliphatic carbocycles. The molecular formula is C24H18F3NO4. The molecule has 0 aliphatic heterocycles. The summed E-state index contributed by atoms with van der Waals surface area (Å²) in [6.45, 7) is 3.11. The van der Waals surface area contributed by atoms with E-state index in [9.17, 15) is 22.8 Å². The second kappa shape index (κ2) is 8.03. The van der Waals surface area contributed by atoms with Gasteiger partial charge in [-0.15, -0.1) is 0 Å². The Morgan fingerprint density at radius 2 is 1.78 bits per heavy atom. The number of benzene rings is 2. The van der Waals surface area contributed by atoms with Crippen LogP contribution in [-0.2, 0) is 6.18 Å². The molecule has 5 nitrogen and oxygen atoms in total. The third-order valence-corrected chi connectivity index (χ3v) is 5.13. The van der Waals surface area contributed by atoms with E-state index < -0.39 is 17.4 Å². The summed E-state index contributed by atoms with van der Waals surface area (Å²) < 4.78 is 51.6. The van der Waals surface area contributed by atoms with Gasteiger partial charge in [0, 0.05) is 40.2 Å². The summed E-state index contributed by atoms with van der Waals surface area (Å²) in [5.74, 6) is 0.0258. The number of ketones is 1. The number of alkyl halides is 3. The number of halogens is 3. The van der Waals surface area contributed by atoms with Crippen molar-refractivity contribution in [1.29, 1.82) is 0 Å². The van der Waals surface area contributed by atoms with E-state index in [1.54, 1.807) is 48.7 Å². The molecule has 0 unspecified atom stereocenters. The first-order valence-corrected chi connectivity index (χ1v) is 9.70. The van der Waals surface area contributed by atoms with E-state index in [4.69, 9.17) is 9.15 Å². The van der Waals surface area contributed by atoms with Crippen molar-refractivity contribution >= 4 is 16.8 Å². The number of aromatic nitrogens is 1. The zero-order valence-corrected chi connectivity index (χ0v) is 17.2. The quantitative estimate of drug-likeness (QED) is 0.304. The summed E-state index contributed by atoms with van der Waals surface area (Å²) in [5.41, 5.74) is 0.892. The highest BCUT2D eigenvalue weighted by atomic mass is 19.4. The van der Waals surface area contributed by atoms with Crippen molar-refractivity contribution in [1.82, 2.24) is 4.57 Å². The van der Waals surface area contributed by atoms with Gasteiger partial charge < -0.3 is 13.7 Å². The first kappa shape index (κ1) is 21.4. The highest BCUT2D eigenvalue weighted by molar-refractivity contribution is 5.98. The third kappa shape index (κ3) is 4.16. The first-order chi connectivity index (χ1) is 15.1. The van der Waals surface area contributed by atoms with Crippen LogP contribution in [0.1, 0.15) is 27.3 Å². The topological polar surface area (TPSA) is 61.4 Å². The van der Waals surface area contributed by atoms with Gasteiger partial charge in [-0.2, -0.15) is 13.2 Å². The van der Waals surface area contributed by atoms with Crippen molar-refractivity contribution in [3.8, 4) is 11.4 Å². The molecule has 4 rings (SSSR count). The molecule has 0 bridgehead atoms. The molecule has 8 heteroatoms. The monoisotopic (exact) mass is 441 g/mol. The lowest BCUT2D eigenvalue weighted by molar-refractivity contribution is -0.137. The Balaban J connectivity index is 1.57. The molecule has 2 aromatic carbocycles. The molecule has 0 amide bonds. The summed E-state index contributed by atoms with van der Waals surface area (Å²) in [7, 11) is 0. The van der Waals surface area contributed by atoms with Crippen LogP contribution in [0.15, 0.2) is 69.9 Å². The van der Waals surface area contributed by atoms with Crippen LogP contribution in [-0.4, -0.2) is 17.0 Å². The average Bonchev–Trinajstić information content (AvgIpc) is 3.05. The van der Waals surface area contributed by atoms with Crippen molar-refractivity contribution in [3.05, 3.63) is 93.6 Å². The summed E-state index contributed by atoms with van der Waals surface area (Å²) >= 11 is 0. The number of carbonyl (C=O) groups excluding carboxylic acids is 1. The number of hydrogen-bond acceptors (Lipinski definition) is 4. The molecule has 0 radical (unpaired) electrons. The number of carbonyl (C=O) groups is 1. The lowest BCUT2D eigenvalue weighted by Crippen LogP contribution is -2.13. The van der Waals surface area contributed by atoms with Crippen LogP contribution in [0.4, 0.5) is 13.2 Å². The van der Waals surface area contributed by atoms with Gasteiger partial charge in [0.1, 0.15) is 11.3 Å². The molecule has 0 N–H and O–H groups in total. The second-order valence-corrected chi connectivity index (χ2v) is 7.33. The van der Waals surface area contributed by atoms with E-state index in [2.05, 4.69) is 0 Å². The normalized spacial score (nSPS) is 11.7. The number of hydrogen-bond donors (Lipinski definition) is 0. The van der Waals surface area contributed by atoms with Gasteiger partial charge in [-0.3, -0.25) is 4.79 Å². The number of ether oxygens (including phenoxy) is 1. The smallest absolute Gasteiger partial charge is 0.416 e. The largest absolute Gasteiger partial charge is 0.485 e. The molecule has 4 aromatic rings. The lowest BCUT2D eigenvalue weighted by Gasteiger charge is -2.13. The van der Waals surface area contributed by atoms with Crippen molar-refractivity contribution in [2.24, 2.45) is 0 Å². The van der Waals surface area contributed by atoms with Gasteiger partial charge in [-0.25, -0.2) is 4.79 Å². The Morgan fingerprint density at radius 1 is 1.03 bits per heavy atom. The van der Waals surface area contributed by atoms with Gasteiger partial charge >= 0.3 is 11.8 Å². The van der Waals surface area contributed by atoms with E-state index >= 15 is 0 Å². The Bertz CT molecular complexity index is 1380. The van der Waals surface area contributed by atoms with Gasteiger partial charge in [0.2, 0.25) is 5.78 Å². The van der Waals surface area contributed by atoms with Crippen LogP contribution in [0.25, 0.3) is 16.7 Å². The van der Waals surface area contributed by atoms with Crippen LogP contribution in [0.5, 0.6) is 5.75 Å². The molecule has 0 saturated heterocycles. The maximum atomic E-state index is 13.1. The number of nitrogens with zero attached hydrogens (tertiary/aromatic N) is 1. The third-order valence-electron chi connectivity index (χ3n) is 5.13. The van der Waals surface area contributed by atoms with Gasteiger partial charge in [-0.1, -0.05) is 6.07 Å². The molecule has 164 valence electrons. The molecule has 2 heterocycles. The van der Waals surface area contributed by atoms with Gasteiger partial charge in [-0.05, 0) is 56.3 Å². The fourth-order valence-electron chi connectivity index (χ4n) is 3.62. The predicted octanol–water partition coefficient (Wildman–Crippen LogP) is 5.48. The number of fused-ring (bicyclic) bond motifs is 1. The highest BCUT2D eigenvalue weighted by Crippen LogP contribution is 2.31. The molecule has 0 saturated carbocycles. The summed E-state index contributed by atoms with van der Waals surface area (Å²) in [6.07, 6.45) is -4.46. The molecular weight excluding hydrogens is 423 g/mol. The zero-order chi connectivity index (χ0) is 23.0. The molecule has 0 atom stereocenters. The molecule has 2 aromatic heterocycles. The van der Waals surface area contributed by atoms with Crippen LogP contribution in [0.3, 0.4) is 0 Å². The minimum Gasteiger partial charge on any atom is -0.485 e. The zero-order valence-electron chi connectivity index (χ0n) is 17.2. The minimum atomic E-state index is -4.46. The van der Waals surface area contributed by atoms with E-state index in [1.807, 2.05) is 0 Å².